The van der Waals surface area contributed by atoms with Gasteiger partial charge in [-0.1, -0.05) is 24.3 Å². The fourth-order valence-electron chi connectivity index (χ4n) is 1.84. The number of halogens is 2. The molecule has 15 heavy (non-hydrogen) atoms. The molecule has 0 aromatic heterocycles. The highest BCUT2D eigenvalue weighted by atomic mass is 19.3. The summed E-state index contributed by atoms with van der Waals surface area (Å²) in [5, 5.41) is 0. The monoisotopic (exact) mass is 210 g/mol. The van der Waals surface area contributed by atoms with Gasteiger partial charge in [0.05, 0.1) is 0 Å². The Kier molecular flexibility index (Phi) is 2.55. The molecule has 1 aromatic carbocycles. The summed E-state index contributed by atoms with van der Waals surface area (Å²) in [4.78, 5) is 11.0. The normalized spacial score (nSPS) is 24.3. The van der Waals surface area contributed by atoms with Crippen LogP contribution in [0.15, 0.2) is 24.3 Å². The van der Waals surface area contributed by atoms with E-state index in [0.717, 1.165) is 5.56 Å². The molecule has 2 atom stereocenters. The Labute approximate surface area is 87.1 Å². The van der Waals surface area contributed by atoms with Crippen LogP contribution in [-0.2, 0) is 0 Å². The molecule has 1 aliphatic rings. The van der Waals surface area contributed by atoms with Crippen molar-refractivity contribution in [2.75, 3.05) is 0 Å². The van der Waals surface area contributed by atoms with Gasteiger partial charge in [0.1, 0.15) is 0 Å². The Hall–Kier alpha value is -1.25. The van der Waals surface area contributed by atoms with Crippen LogP contribution in [0.5, 0.6) is 0 Å². The van der Waals surface area contributed by atoms with Crippen LogP contribution in [0.3, 0.4) is 0 Å². The number of carbonyl (C=O) groups excluding carboxylic acids is 1. The lowest BCUT2D eigenvalue weighted by molar-refractivity contribution is 0.101. The lowest BCUT2D eigenvalue weighted by Crippen LogP contribution is -1.96. The molecule has 3 heteroatoms. The SMILES string of the molecule is CC(=O)c1ccc(C2CC2C(F)F)cc1. The average molecular weight is 210 g/mol. The van der Waals surface area contributed by atoms with Crippen molar-refractivity contribution in [2.24, 2.45) is 5.92 Å². The van der Waals surface area contributed by atoms with E-state index >= 15 is 0 Å². The van der Waals surface area contributed by atoms with Gasteiger partial charge in [-0.3, -0.25) is 4.79 Å². The molecular weight excluding hydrogens is 198 g/mol. The van der Waals surface area contributed by atoms with Gasteiger partial charge in [0.25, 0.3) is 0 Å². The van der Waals surface area contributed by atoms with Gasteiger partial charge in [0.15, 0.2) is 5.78 Å². The summed E-state index contributed by atoms with van der Waals surface area (Å²) < 4.78 is 24.6. The summed E-state index contributed by atoms with van der Waals surface area (Å²) in [5.41, 5.74) is 1.55. The number of hydrogen-bond donors (Lipinski definition) is 0. The van der Waals surface area contributed by atoms with Crippen LogP contribution < -0.4 is 0 Å². The molecule has 80 valence electrons. The highest BCUT2D eigenvalue weighted by Gasteiger charge is 2.44. The van der Waals surface area contributed by atoms with Crippen molar-refractivity contribution in [3.63, 3.8) is 0 Å². The Morgan fingerprint density at radius 2 is 1.93 bits per heavy atom. The first-order chi connectivity index (χ1) is 7.09. The maximum atomic E-state index is 12.3. The molecule has 0 amide bonds. The molecule has 1 aromatic rings. The fourth-order valence-corrected chi connectivity index (χ4v) is 1.84. The quantitative estimate of drug-likeness (QED) is 0.700. The van der Waals surface area contributed by atoms with Crippen molar-refractivity contribution in [1.82, 2.24) is 0 Å². The third-order valence-electron chi connectivity index (χ3n) is 2.91. The van der Waals surface area contributed by atoms with Gasteiger partial charge in [0, 0.05) is 11.5 Å². The number of hydrogen-bond acceptors (Lipinski definition) is 1. The molecule has 0 bridgehead atoms. The van der Waals surface area contributed by atoms with Crippen LogP contribution >= 0.6 is 0 Å². The molecule has 1 nitrogen and oxygen atoms in total. The number of benzene rings is 1. The van der Waals surface area contributed by atoms with Crippen molar-refractivity contribution in [2.45, 2.75) is 25.7 Å². The van der Waals surface area contributed by atoms with Crippen molar-refractivity contribution >= 4 is 5.78 Å². The molecule has 2 rings (SSSR count). The molecule has 1 saturated carbocycles. The Morgan fingerprint density at radius 3 is 2.33 bits per heavy atom. The van der Waals surface area contributed by atoms with E-state index in [4.69, 9.17) is 0 Å². The van der Waals surface area contributed by atoms with Crippen LogP contribution in [0.25, 0.3) is 0 Å². The van der Waals surface area contributed by atoms with E-state index in [-0.39, 0.29) is 11.7 Å². The minimum atomic E-state index is -2.22. The molecule has 1 fully saturated rings. The van der Waals surface area contributed by atoms with Crippen LogP contribution in [-0.4, -0.2) is 12.2 Å². The highest BCUT2D eigenvalue weighted by Crippen LogP contribution is 2.50. The third kappa shape index (κ3) is 2.06. The maximum Gasteiger partial charge on any atom is 0.242 e. The highest BCUT2D eigenvalue weighted by molar-refractivity contribution is 5.94. The van der Waals surface area contributed by atoms with E-state index in [9.17, 15) is 13.6 Å². The van der Waals surface area contributed by atoms with E-state index in [1.165, 1.54) is 6.92 Å². The summed E-state index contributed by atoms with van der Waals surface area (Å²) in [6.07, 6.45) is -1.65. The van der Waals surface area contributed by atoms with Crippen molar-refractivity contribution in [3.05, 3.63) is 35.4 Å². The van der Waals surface area contributed by atoms with Crippen molar-refractivity contribution < 1.29 is 13.6 Å². The number of carbonyl (C=O) groups is 1. The zero-order valence-corrected chi connectivity index (χ0v) is 8.41. The van der Waals surface area contributed by atoms with E-state index in [1.54, 1.807) is 24.3 Å². The van der Waals surface area contributed by atoms with Crippen LogP contribution in [0, 0.1) is 5.92 Å². The maximum absolute atomic E-state index is 12.3. The Morgan fingerprint density at radius 1 is 1.33 bits per heavy atom. The molecule has 1 aliphatic carbocycles. The summed E-state index contributed by atoms with van der Waals surface area (Å²) in [7, 11) is 0. The van der Waals surface area contributed by atoms with Gasteiger partial charge in [-0.25, -0.2) is 8.78 Å². The zero-order valence-electron chi connectivity index (χ0n) is 8.41. The molecular formula is C12H12F2O. The lowest BCUT2D eigenvalue weighted by Gasteiger charge is -2.01. The summed E-state index contributed by atoms with van der Waals surface area (Å²) in [5.74, 6) is -0.484. The second kappa shape index (κ2) is 3.72. The second-order valence-electron chi connectivity index (χ2n) is 4.02. The van der Waals surface area contributed by atoms with Crippen molar-refractivity contribution in [3.8, 4) is 0 Å². The number of rotatable bonds is 3. The first-order valence-electron chi connectivity index (χ1n) is 4.98. The van der Waals surface area contributed by atoms with Crippen LogP contribution in [0.4, 0.5) is 8.78 Å². The smallest absolute Gasteiger partial charge is 0.242 e. The van der Waals surface area contributed by atoms with Gasteiger partial charge in [-0.05, 0) is 24.8 Å². The van der Waals surface area contributed by atoms with Crippen LogP contribution in [0.1, 0.15) is 35.2 Å². The largest absolute Gasteiger partial charge is 0.295 e. The Bertz CT molecular complexity index is 370. The first kappa shape index (κ1) is 10.3. The number of alkyl halides is 2. The van der Waals surface area contributed by atoms with E-state index in [2.05, 4.69) is 0 Å². The van der Waals surface area contributed by atoms with Crippen LogP contribution in [0.2, 0.25) is 0 Å². The van der Waals surface area contributed by atoms with Gasteiger partial charge >= 0.3 is 0 Å². The van der Waals surface area contributed by atoms with Crippen molar-refractivity contribution in [1.29, 1.82) is 0 Å². The number of ketones is 1. The molecule has 2 unspecified atom stereocenters. The van der Waals surface area contributed by atoms with E-state index < -0.39 is 12.3 Å². The first-order valence-corrected chi connectivity index (χ1v) is 4.98. The third-order valence-corrected chi connectivity index (χ3v) is 2.91. The average Bonchev–Trinajstić information content (AvgIpc) is 2.97. The Balaban J connectivity index is 2.09. The minimum absolute atomic E-state index is 0.00255. The predicted molar refractivity (Wildman–Crippen MR) is 53.3 cm³/mol. The van der Waals surface area contributed by atoms with E-state index in [1.807, 2.05) is 0 Å². The van der Waals surface area contributed by atoms with Gasteiger partial charge in [0.2, 0.25) is 6.43 Å². The fraction of sp³-hybridized carbons (Fsp3) is 0.417. The minimum Gasteiger partial charge on any atom is -0.295 e. The summed E-state index contributed by atoms with van der Waals surface area (Å²) in [6.45, 7) is 1.49. The summed E-state index contributed by atoms with van der Waals surface area (Å²) >= 11 is 0. The molecule has 0 aliphatic heterocycles. The lowest BCUT2D eigenvalue weighted by atomic mass is 10.1. The zero-order chi connectivity index (χ0) is 11.0. The molecule has 0 N–H and O–H groups in total. The van der Waals surface area contributed by atoms with Gasteiger partial charge in [-0.15, -0.1) is 0 Å². The predicted octanol–water partition coefficient (Wildman–Crippen LogP) is 3.26. The molecule has 0 spiro atoms. The standard InChI is InChI=1S/C12H12F2O/c1-7(15)8-2-4-9(5-3-8)10-6-11(10)12(13)14/h2-5,10-12H,6H2,1H3. The molecule has 0 radical (unpaired) electrons. The topological polar surface area (TPSA) is 17.1 Å². The number of Topliss-reactive ketones (excluding diaryl/α,β-unsaturated/α-hetero) is 1. The second-order valence-corrected chi connectivity index (χ2v) is 4.02. The van der Waals surface area contributed by atoms with Gasteiger partial charge in [-0.2, -0.15) is 0 Å². The van der Waals surface area contributed by atoms with E-state index in [0.29, 0.717) is 12.0 Å². The summed E-state index contributed by atoms with van der Waals surface area (Å²) in [6, 6.07) is 6.98. The molecule has 0 saturated heterocycles. The molecule has 0 heterocycles. The van der Waals surface area contributed by atoms with Gasteiger partial charge < -0.3 is 0 Å².